The molecule has 0 saturated heterocycles. The number of thiophene rings is 1. The molecule has 6 nitrogen and oxygen atoms in total. The Morgan fingerprint density at radius 2 is 1.96 bits per heavy atom. The van der Waals surface area contributed by atoms with Gasteiger partial charge in [-0.05, 0) is 30.5 Å². The number of furan rings is 1. The van der Waals surface area contributed by atoms with Gasteiger partial charge in [0.05, 0.1) is 4.88 Å². The highest BCUT2D eigenvalue weighted by atomic mass is 32.1. The average Bonchev–Trinajstić information content (AvgIpc) is 3.33. The molecular formula is C18H21N3O3S. The number of aryl methyl sites for hydroxylation is 1. The molecule has 0 fully saturated rings. The molecule has 0 aliphatic rings. The van der Waals surface area contributed by atoms with E-state index >= 15 is 0 Å². The van der Waals surface area contributed by atoms with Gasteiger partial charge in [-0.2, -0.15) is 0 Å². The summed E-state index contributed by atoms with van der Waals surface area (Å²) in [6.07, 6.45) is 0.887. The zero-order chi connectivity index (χ0) is 17.8. The minimum atomic E-state index is -0.314. The number of amides is 1. The van der Waals surface area contributed by atoms with Crippen LogP contribution in [0.3, 0.4) is 0 Å². The summed E-state index contributed by atoms with van der Waals surface area (Å²) in [4.78, 5) is 13.2. The zero-order valence-electron chi connectivity index (χ0n) is 14.5. The fraction of sp³-hybridized carbons (Fsp3) is 0.389. The van der Waals surface area contributed by atoms with Crippen LogP contribution in [-0.2, 0) is 11.2 Å². The van der Waals surface area contributed by atoms with E-state index in [1.54, 1.807) is 11.3 Å². The molecule has 7 heteroatoms. The first kappa shape index (κ1) is 17.4. The molecule has 1 atom stereocenters. The Hall–Kier alpha value is -2.41. The summed E-state index contributed by atoms with van der Waals surface area (Å²) in [7, 11) is 0. The van der Waals surface area contributed by atoms with Gasteiger partial charge in [0.2, 0.25) is 17.7 Å². The standard InChI is InChI=1S/C18H21N3O3S/c1-11(2)17-20-21-18(24-17)12(3)19-16(22)9-7-13-6-8-14(23-13)15-5-4-10-25-15/h4-6,8,10-12H,7,9H2,1-3H3,(H,19,22). The molecule has 0 aromatic carbocycles. The third-order valence-corrected chi connectivity index (χ3v) is 4.61. The summed E-state index contributed by atoms with van der Waals surface area (Å²) in [5, 5.41) is 12.9. The fourth-order valence-electron chi connectivity index (χ4n) is 2.33. The molecule has 25 heavy (non-hydrogen) atoms. The number of carbonyl (C=O) groups is 1. The Bertz CT molecular complexity index is 820. The minimum absolute atomic E-state index is 0.0779. The van der Waals surface area contributed by atoms with Gasteiger partial charge in [-0.25, -0.2) is 0 Å². The average molecular weight is 359 g/mol. The van der Waals surface area contributed by atoms with Gasteiger partial charge < -0.3 is 14.2 Å². The lowest BCUT2D eigenvalue weighted by molar-refractivity contribution is -0.121. The summed E-state index contributed by atoms with van der Waals surface area (Å²) in [6.45, 7) is 5.79. The first-order valence-electron chi connectivity index (χ1n) is 8.28. The van der Waals surface area contributed by atoms with Gasteiger partial charge in [0, 0.05) is 18.8 Å². The maximum Gasteiger partial charge on any atom is 0.238 e. The summed E-state index contributed by atoms with van der Waals surface area (Å²) in [6, 6.07) is 7.54. The molecule has 0 aliphatic heterocycles. The maximum atomic E-state index is 12.1. The molecule has 3 heterocycles. The van der Waals surface area contributed by atoms with E-state index in [0.29, 0.717) is 24.6 Å². The molecular weight excluding hydrogens is 338 g/mol. The van der Waals surface area contributed by atoms with Crippen molar-refractivity contribution < 1.29 is 13.6 Å². The van der Waals surface area contributed by atoms with Crippen LogP contribution in [0.1, 0.15) is 56.7 Å². The molecule has 0 bridgehead atoms. The normalized spacial score (nSPS) is 12.5. The van der Waals surface area contributed by atoms with Crippen molar-refractivity contribution in [3.05, 3.63) is 47.2 Å². The Labute approximate surface area is 150 Å². The number of rotatable bonds is 7. The van der Waals surface area contributed by atoms with Crippen LogP contribution >= 0.6 is 11.3 Å². The fourth-order valence-corrected chi connectivity index (χ4v) is 3.02. The Balaban J connectivity index is 1.50. The second-order valence-corrected chi connectivity index (χ2v) is 7.11. The third-order valence-electron chi connectivity index (χ3n) is 3.72. The number of aromatic nitrogens is 2. The molecule has 3 aromatic rings. The lowest BCUT2D eigenvalue weighted by Crippen LogP contribution is -2.27. The van der Waals surface area contributed by atoms with E-state index in [9.17, 15) is 4.79 Å². The molecule has 1 amide bonds. The van der Waals surface area contributed by atoms with Gasteiger partial charge in [0.15, 0.2) is 0 Å². The molecule has 1 unspecified atom stereocenters. The van der Waals surface area contributed by atoms with Crippen molar-refractivity contribution in [2.75, 3.05) is 0 Å². The van der Waals surface area contributed by atoms with Crippen molar-refractivity contribution in [2.45, 2.75) is 45.6 Å². The van der Waals surface area contributed by atoms with E-state index in [0.717, 1.165) is 16.4 Å². The monoisotopic (exact) mass is 359 g/mol. The molecule has 132 valence electrons. The molecule has 3 rings (SSSR count). The van der Waals surface area contributed by atoms with Crippen molar-refractivity contribution in [3.8, 4) is 10.6 Å². The van der Waals surface area contributed by atoms with Crippen LogP contribution < -0.4 is 5.32 Å². The van der Waals surface area contributed by atoms with Crippen molar-refractivity contribution in [1.29, 1.82) is 0 Å². The first-order valence-corrected chi connectivity index (χ1v) is 9.16. The number of hydrogen-bond acceptors (Lipinski definition) is 6. The van der Waals surface area contributed by atoms with Gasteiger partial charge in [-0.15, -0.1) is 21.5 Å². The summed E-state index contributed by atoms with van der Waals surface area (Å²) >= 11 is 1.63. The summed E-state index contributed by atoms with van der Waals surface area (Å²) in [5.41, 5.74) is 0. The van der Waals surface area contributed by atoms with E-state index in [-0.39, 0.29) is 17.9 Å². The quantitative estimate of drug-likeness (QED) is 0.679. The smallest absolute Gasteiger partial charge is 0.238 e. The predicted molar refractivity (Wildman–Crippen MR) is 95.3 cm³/mol. The van der Waals surface area contributed by atoms with E-state index in [2.05, 4.69) is 15.5 Å². The van der Waals surface area contributed by atoms with E-state index in [4.69, 9.17) is 8.83 Å². The lowest BCUT2D eigenvalue weighted by atomic mass is 10.2. The Morgan fingerprint density at radius 1 is 1.16 bits per heavy atom. The van der Waals surface area contributed by atoms with Gasteiger partial charge in [-0.3, -0.25) is 4.79 Å². The van der Waals surface area contributed by atoms with Gasteiger partial charge in [0.25, 0.3) is 0 Å². The Kier molecular flexibility index (Phi) is 5.33. The molecule has 0 radical (unpaired) electrons. The van der Waals surface area contributed by atoms with Crippen molar-refractivity contribution in [1.82, 2.24) is 15.5 Å². The van der Waals surface area contributed by atoms with Crippen molar-refractivity contribution in [2.24, 2.45) is 0 Å². The molecule has 3 aromatic heterocycles. The third kappa shape index (κ3) is 4.36. The number of nitrogens with one attached hydrogen (secondary N) is 1. The van der Waals surface area contributed by atoms with Crippen LogP contribution in [0.25, 0.3) is 10.6 Å². The van der Waals surface area contributed by atoms with Crippen LogP contribution in [0.2, 0.25) is 0 Å². The van der Waals surface area contributed by atoms with E-state index in [1.165, 1.54) is 0 Å². The van der Waals surface area contributed by atoms with Crippen LogP contribution in [0.4, 0.5) is 0 Å². The van der Waals surface area contributed by atoms with Crippen LogP contribution in [-0.4, -0.2) is 16.1 Å². The number of nitrogens with zero attached hydrogens (tertiary/aromatic N) is 2. The van der Waals surface area contributed by atoms with Crippen molar-refractivity contribution >= 4 is 17.2 Å². The van der Waals surface area contributed by atoms with Gasteiger partial charge >= 0.3 is 0 Å². The second-order valence-electron chi connectivity index (χ2n) is 6.17. The summed E-state index contributed by atoms with van der Waals surface area (Å²) in [5.74, 6) is 2.73. The predicted octanol–water partition coefficient (Wildman–Crippen LogP) is 4.32. The lowest BCUT2D eigenvalue weighted by Gasteiger charge is -2.09. The van der Waals surface area contributed by atoms with Crippen molar-refractivity contribution in [3.63, 3.8) is 0 Å². The topological polar surface area (TPSA) is 81.2 Å². The number of carbonyl (C=O) groups excluding carboxylic acids is 1. The SMILES string of the molecule is CC(C)c1nnc(C(C)NC(=O)CCc2ccc(-c3cccs3)o2)o1. The molecule has 0 aliphatic carbocycles. The highest BCUT2D eigenvalue weighted by Crippen LogP contribution is 2.27. The highest BCUT2D eigenvalue weighted by molar-refractivity contribution is 7.13. The molecule has 1 N–H and O–H groups in total. The molecule has 0 saturated carbocycles. The highest BCUT2D eigenvalue weighted by Gasteiger charge is 2.18. The van der Waals surface area contributed by atoms with E-state index < -0.39 is 0 Å². The minimum Gasteiger partial charge on any atom is -0.460 e. The molecule has 0 spiro atoms. The summed E-state index contributed by atoms with van der Waals surface area (Å²) < 4.78 is 11.3. The Morgan fingerprint density at radius 3 is 2.64 bits per heavy atom. The van der Waals surface area contributed by atoms with Crippen LogP contribution in [0, 0.1) is 0 Å². The maximum absolute atomic E-state index is 12.1. The van der Waals surface area contributed by atoms with Crippen LogP contribution in [0.15, 0.2) is 38.5 Å². The second kappa shape index (κ2) is 7.65. The largest absolute Gasteiger partial charge is 0.460 e. The van der Waals surface area contributed by atoms with E-state index in [1.807, 2.05) is 50.4 Å². The van der Waals surface area contributed by atoms with Gasteiger partial charge in [-0.1, -0.05) is 19.9 Å². The number of hydrogen-bond donors (Lipinski definition) is 1. The van der Waals surface area contributed by atoms with Gasteiger partial charge in [0.1, 0.15) is 17.6 Å². The zero-order valence-corrected chi connectivity index (χ0v) is 15.3. The first-order chi connectivity index (χ1) is 12.0. The van der Waals surface area contributed by atoms with Crippen LogP contribution in [0.5, 0.6) is 0 Å².